The van der Waals surface area contributed by atoms with Gasteiger partial charge in [0, 0.05) is 6.42 Å². The molecule has 0 unspecified atom stereocenters. The van der Waals surface area contributed by atoms with Crippen LogP contribution in [0.5, 0.6) is 0 Å². The second kappa shape index (κ2) is 4.99. The van der Waals surface area contributed by atoms with Crippen molar-refractivity contribution in [1.82, 2.24) is 0 Å². The number of nitro benzene ring substituents is 1. The Bertz CT molecular complexity index is 415. The van der Waals surface area contributed by atoms with Crippen molar-refractivity contribution in [2.75, 3.05) is 0 Å². The van der Waals surface area contributed by atoms with Gasteiger partial charge in [-0.05, 0) is 12.1 Å². The number of aldehydes is 1. The SMILES string of the molecule is O=CCC=Cc1cccc(F)c1[N+](=O)[O-]. The lowest BCUT2D eigenvalue weighted by Gasteiger charge is -1.97. The molecule has 1 aromatic rings. The lowest BCUT2D eigenvalue weighted by molar-refractivity contribution is -0.387. The fourth-order valence-electron chi connectivity index (χ4n) is 1.11. The van der Waals surface area contributed by atoms with Crippen molar-refractivity contribution in [2.24, 2.45) is 0 Å². The second-order valence-corrected chi connectivity index (χ2v) is 2.74. The van der Waals surface area contributed by atoms with E-state index < -0.39 is 16.4 Å². The molecule has 0 heterocycles. The highest BCUT2D eigenvalue weighted by Gasteiger charge is 2.17. The quantitative estimate of drug-likeness (QED) is 0.434. The van der Waals surface area contributed by atoms with Crippen LogP contribution in [0.15, 0.2) is 24.3 Å². The van der Waals surface area contributed by atoms with Crippen LogP contribution in [0.2, 0.25) is 0 Å². The molecule has 0 N–H and O–H groups in total. The topological polar surface area (TPSA) is 60.2 Å². The molecule has 1 aromatic carbocycles. The predicted octanol–water partition coefficient (Wildman–Crippen LogP) is 2.34. The number of hydrogen-bond donors (Lipinski definition) is 0. The zero-order valence-corrected chi connectivity index (χ0v) is 7.72. The molecule has 1 rings (SSSR count). The van der Waals surface area contributed by atoms with E-state index in [4.69, 9.17) is 0 Å². The molecular weight excluding hydrogens is 201 g/mol. The van der Waals surface area contributed by atoms with Gasteiger partial charge < -0.3 is 4.79 Å². The number of allylic oxidation sites excluding steroid dienone is 1. The Morgan fingerprint density at radius 3 is 2.80 bits per heavy atom. The van der Waals surface area contributed by atoms with Crippen LogP contribution in [0, 0.1) is 15.9 Å². The van der Waals surface area contributed by atoms with Gasteiger partial charge in [0.15, 0.2) is 0 Å². The number of carbonyl (C=O) groups excluding carboxylic acids is 1. The van der Waals surface area contributed by atoms with Crippen molar-refractivity contribution in [3.63, 3.8) is 0 Å². The van der Waals surface area contributed by atoms with E-state index in [1.54, 1.807) is 0 Å². The van der Waals surface area contributed by atoms with Crippen LogP contribution < -0.4 is 0 Å². The summed E-state index contributed by atoms with van der Waals surface area (Å²) in [5.74, 6) is -0.881. The summed E-state index contributed by atoms with van der Waals surface area (Å²) in [6.45, 7) is 0. The van der Waals surface area contributed by atoms with Crippen LogP contribution in [-0.4, -0.2) is 11.2 Å². The summed E-state index contributed by atoms with van der Waals surface area (Å²) in [5.41, 5.74) is -0.415. The molecule has 0 saturated heterocycles. The monoisotopic (exact) mass is 209 g/mol. The first-order valence-electron chi connectivity index (χ1n) is 4.20. The summed E-state index contributed by atoms with van der Waals surface area (Å²) in [4.78, 5) is 19.8. The Labute approximate surface area is 85.2 Å². The largest absolute Gasteiger partial charge is 0.311 e. The number of nitro groups is 1. The van der Waals surface area contributed by atoms with Gasteiger partial charge >= 0.3 is 5.69 Å². The summed E-state index contributed by atoms with van der Waals surface area (Å²) in [6.07, 6.45) is 3.60. The average Bonchev–Trinajstić information content (AvgIpc) is 2.17. The smallest absolute Gasteiger partial charge is 0.303 e. The Kier molecular flexibility index (Phi) is 3.68. The Morgan fingerprint density at radius 2 is 2.20 bits per heavy atom. The number of halogens is 1. The molecule has 0 aliphatic heterocycles. The summed E-state index contributed by atoms with van der Waals surface area (Å²) < 4.78 is 13.1. The molecule has 0 bridgehead atoms. The van der Waals surface area contributed by atoms with E-state index in [9.17, 15) is 19.3 Å². The van der Waals surface area contributed by atoms with Crippen LogP contribution in [0.4, 0.5) is 10.1 Å². The van der Waals surface area contributed by atoms with E-state index in [2.05, 4.69) is 0 Å². The van der Waals surface area contributed by atoms with Gasteiger partial charge in [0.05, 0.1) is 10.5 Å². The molecule has 0 aliphatic rings. The van der Waals surface area contributed by atoms with Gasteiger partial charge in [-0.25, -0.2) is 0 Å². The van der Waals surface area contributed by atoms with Crippen LogP contribution >= 0.6 is 0 Å². The fraction of sp³-hybridized carbons (Fsp3) is 0.100. The van der Waals surface area contributed by atoms with E-state index >= 15 is 0 Å². The molecule has 4 nitrogen and oxygen atoms in total. The molecule has 0 spiro atoms. The fourth-order valence-corrected chi connectivity index (χ4v) is 1.11. The van der Waals surface area contributed by atoms with Crippen LogP contribution in [0.25, 0.3) is 6.08 Å². The van der Waals surface area contributed by atoms with Crippen LogP contribution in [0.1, 0.15) is 12.0 Å². The molecule has 78 valence electrons. The minimum atomic E-state index is -0.881. The molecule has 0 fully saturated rings. The Balaban J connectivity index is 3.11. The average molecular weight is 209 g/mol. The molecule has 15 heavy (non-hydrogen) atoms. The molecule has 0 radical (unpaired) electrons. The highest BCUT2D eigenvalue weighted by molar-refractivity contribution is 5.64. The van der Waals surface area contributed by atoms with Gasteiger partial charge in [0.25, 0.3) is 0 Å². The molecule has 0 saturated carbocycles. The first kappa shape index (κ1) is 11.0. The van der Waals surface area contributed by atoms with Gasteiger partial charge in [-0.2, -0.15) is 4.39 Å². The van der Waals surface area contributed by atoms with Crippen molar-refractivity contribution < 1.29 is 14.1 Å². The minimum Gasteiger partial charge on any atom is -0.303 e. The van der Waals surface area contributed by atoms with E-state index in [0.717, 1.165) is 6.07 Å². The van der Waals surface area contributed by atoms with Crippen molar-refractivity contribution in [1.29, 1.82) is 0 Å². The number of hydrogen-bond acceptors (Lipinski definition) is 3. The Hall–Kier alpha value is -2.04. The van der Waals surface area contributed by atoms with Crippen molar-refractivity contribution >= 4 is 18.0 Å². The van der Waals surface area contributed by atoms with Crippen molar-refractivity contribution in [3.8, 4) is 0 Å². The maximum absolute atomic E-state index is 13.1. The predicted molar refractivity (Wildman–Crippen MR) is 52.8 cm³/mol. The standard InChI is InChI=1S/C10H8FNO3/c11-9-6-3-5-8(4-1-2-7-13)10(9)12(14)15/h1,3-7H,2H2. The molecular formula is C10H8FNO3. The number of nitrogens with zero attached hydrogens (tertiary/aromatic N) is 1. The van der Waals surface area contributed by atoms with Crippen LogP contribution in [-0.2, 0) is 4.79 Å². The van der Waals surface area contributed by atoms with Crippen LogP contribution in [0.3, 0.4) is 0 Å². The van der Waals surface area contributed by atoms with E-state index in [0.29, 0.717) is 6.29 Å². The minimum absolute atomic E-state index is 0.146. The lowest BCUT2D eigenvalue weighted by Crippen LogP contribution is -1.95. The van der Waals surface area contributed by atoms with Gasteiger partial charge in [-0.15, -0.1) is 0 Å². The third-order valence-electron chi connectivity index (χ3n) is 1.73. The molecule has 0 atom stereocenters. The Morgan fingerprint density at radius 1 is 1.47 bits per heavy atom. The summed E-state index contributed by atoms with van der Waals surface area (Å²) in [7, 11) is 0. The van der Waals surface area contributed by atoms with E-state index in [-0.39, 0.29) is 12.0 Å². The van der Waals surface area contributed by atoms with E-state index in [1.807, 2.05) is 0 Å². The van der Waals surface area contributed by atoms with Crippen molar-refractivity contribution in [2.45, 2.75) is 6.42 Å². The summed E-state index contributed by atoms with van der Waals surface area (Å²) in [5, 5.41) is 10.5. The lowest BCUT2D eigenvalue weighted by atomic mass is 10.1. The maximum Gasteiger partial charge on any atom is 0.311 e. The van der Waals surface area contributed by atoms with Gasteiger partial charge in [0.1, 0.15) is 6.29 Å². The van der Waals surface area contributed by atoms with Crippen molar-refractivity contribution in [3.05, 3.63) is 45.8 Å². The summed E-state index contributed by atoms with van der Waals surface area (Å²) in [6, 6.07) is 3.82. The normalized spacial score (nSPS) is 10.5. The molecule has 0 aromatic heterocycles. The van der Waals surface area contributed by atoms with E-state index in [1.165, 1.54) is 24.3 Å². The summed E-state index contributed by atoms with van der Waals surface area (Å²) >= 11 is 0. The highest BCUT2D eigenvalue weighted by Crippen LogP contribution is 2.23. The second-order valence-electron chi connectivity index (χ2n) is 2.74. The zero-order valence-electron chi connectivity index (χ0n) is 7.72. The number of para-hydroxylation sites is 1. The first-order chi connectivity index (χ1) is 7.16. The number of benzene rings is 1. The third-order valence-corrected chi connectivity index (χ3v) is 1.73. The highest BCUT2D eigenvalue weighted by atomic mass is 19.1. The van der Waals surface area contributed by atoms with Gasteiger partial charge in [0.2, 0.25) is 5.82 Å². The first-order valence-corrected chi connectivity index (χ1v) is 4.20. The maximum atomic E-state index is 13.1. The number of carbonyl (C=O) groups is 1. The number of rotatable bonds is 4. The molecule has 5 heteroatoms. The van der Waals surface area contributed by atoms with Gasteiger partial charge in [-0.3, -0.25) is 10.1 Å². The molecule has 0 aliphatic carbocycles. The molecule has 0 amide bonds. The van der Waals surface area contributed by atoms with Gasteiger partial charge in [-0.1, -0.05) is 18.2 Å². The zero-order chi connectivity index (χ0) is 11.3. The third kappa shape index (κ3) is 2.70.